The van der Waals surface area contributed by atoms with Crippen LogP contribution in [0.2, 0.25) is 0 Å². The fourth-order valence-corrected chi connectivity index (χ4v) is 2.67. The molecule has 1 unspecified atom stereocenters. The van der Waals surface area contributed by atoms with E-state index in [0.29, 0.717) is 0 Å². The lowest BCUT2D eigenvalue weighted by atomic mass is 10.1. The van der Waals surface area contributed by atoms with Gasteiger partial charge in [-0.05, 0) is 30.2 Å². The van der Waals surface area contributed by atoms with Crippen LogP contribution in [-0.4, -0.2) is 22.9 Å². The Hall–Kier alpha value is -1.00. The van der Waals surface area contributed by atoms with Crippen molar-refractivity contribution in [2.75, 3.05) is 5.75 Å². The molecule has 94 valence electrons. The van der Waals surface area contributed by atoms with Gasteiger partial charge in [0.2, 0.25) is 0 Å². The van der Waals surface area contributed by atoms with Crippen molar-refractivity contribution < 1.29 is 9.90 Å². The third-order valence-electron chi connectivity index (χ3n) is 2.44. The Morgan fingerprint density at radius 3 is 2.65 bits per heavy atom. The Morgan fingerprint density at radius 1 is 1.41 bits per heavy atom. The topological polar surface area (TPSA) is 63.3 Å². The number of carbonyl (C=O) groups is 1. The first-order chi connectivity index (χ1) is 8.09. The van der Waals surface area contributed by atoms with Crippen molar-refractivity contribution in [1.29, 1.82) is 0 Å². The van der Waals surface area contributed by atoms with Crippen molar-refractivity contribution >= 4 is 17.7 Å². The first-order valence-electron chi connectivity index (χ1n) is 5.71. The van der Waals surface area contributed by atoms with Gasteiger partial charge in [0.05, 0.1) is 6.42 Å². The van der Waals surface area contributed by atoms with E-state index in [1.165, 1.54) is 0 Å². The van der Waals surface area contributed by atoms with Crippen LogP contribution < -0.4 is 5.73 Å². The fraction of sp³-hybridized carbons (Fsp3) is 0.462. The number of benzene rings is 1. The van der Waals surface area contributed by atoms with E-state index in [1.807, 2.05) is 31.2 Å². The van der Waals surface area contributed by atoms with Gasteiger partial charge in [0.25, 0.3) is 0 Å². The molecule has 0 amide bonds. The second-order valence-corrected chi connectivity index (χ2v) is 5.26. The molecule has 0 radical (unpaired) electrons. The highest BCUT2D eigenvalue weighted by Crippen LogP contribution is 2.18. The zero-order valence-electron chi connectivity index (χ0n) is 10.1. The fourth-order valence-electron chi connectivity index (χ4n) is 1.49. The van der Waals surface area contributed by atoms with Crippen LogP contribution in [0.15, 0.2) is 24.3 Å². The van der Waals surface area contributed by atoms with E-state index >= 15 is 0 Å². The minimum atomic E-state index is -0.780. The van der Waals surface area contributed by atoms with Crippen molar-refractivity contribution in [2.24, 2.45) is 5.73 Å². The van der Waals surface area contributed by atoms with Gasteiger partial charge in [0.1, 0.15) is 0 Å². The monoisotopic (exact) mass is 253 g/mol. The number of carboxylic acid groups (broad SMARTS) is 1. The van der Waals surface area contributed by atoms with Crippen LogP contribution in [0, 0.1) is 0 Å². The molecule has 1 aromatic rings. The molecule has 0 aromatic heterocycles. The molecule has 0 fully saturated rings. The smallest absolute Gasteiger partial charge is 0.307 e. The van der Waals surface area contributed by atoms with Gasteiger partial charge >= 0.3 is 5.97 Å². The summed E-state index contributed by atoms with van der Waals surface area (Å²) < 4.78 is 0. The SMILES string of the molecule is CC(N)CCSCc1ccccc1CC(=O)O. The van der Waals surface area contributed by atoms with E-state index in [0.717, 1.165) is 29.1 Å². The predicted molar refractivity (Wildman–Crippen MR) is 72.2 cm³/mol. The van der Waals surface area contributed by atoms with Gasteiger partial charge in [-0.1, -0.05) is 24.3 Å². The molecular weight excluding hydrogens is 234 g/mol. The minimum absolute atomic E-state index is 0.101. The molecule has 1 atom stereocenters. The molecule has 0 aliphatic carbocycles. The van der Waals surface area contributed by atoms with E-state index in [1.54, 1.807) is 11.8 Å². The molecular formula is C13H19NO2S. The van der Waals surface area contributed by atoms with Crippen LogP contribution in [0.5, 0.6) is 0 Å². The van der Waals surface area contributed by atoms with Gasteiger partial charge in [-0.2, -0.15) is 11.8 Å². The number of aliphatic carboxylic acids is 1. The second kappa shape index (κ2) is 7.35. The normalized spacial score (nSPS) is 12.4. The minimum Gasteiger partial charge on any atom is -0.481 e. The van der Waals surface area contributed by atoms with E-state index < -0.39 is 5.97 Å². The highest BCUT2D eigenvalue weighted by Gasteiger charge is 2.06. The molecule has 0 aliphatic rings. The van der Waals surface area contributed by atoms with E-state index in [2.05, 4.69) is 0 Å². The van der Waals surface area contributed by atoms with Gasteiger partial charge in [0.15, 0.2) is 0 Å². The molecule has 3 nitrogen and oxygen atoms in total. The summed E-state index contributed by atoms with van der Waals surface area (Å²) in [4.78, 5) is 10.7. The maximum atomic E-state index is 10.7. The van der Waals surface area contributed by atoms with Gasteiger partial charge in [-0.3, -0.25) is 4.79 Å². The van der Waals surface area contributed by atoms with Crippen LogP contribution in [0.1, 0.15) is 24.5 Å². The van der Waals surface area contributed by atoms with Gasteiger partial charge in [0, 0.05) is 11.8 Å². The highest BCUT2D eigenvalue weighted by atomic mass is 32.2. The third kappa shape index (κ3) is 5.75. The molecule has 1 rings (SSSR count). The summed E-state index contributed by atoms with van der Waals surface area (Å²) in [6.07, 6.45) is 1.09. The van der Waals surface area contributed by atoms with Crippen LogP contribution in [-0.2, 0) is 17.0 Å². The lowest BCUT2D eigenvalue weighted by Gasteiger charge is -2.08. The third-order valence-corrected chi connectivity index (χ3v) is 3.47. The highest BCUT2D eigenvalue weighted by molar-refractivity contribution is 7.98. The number of nitrogens with two attached hydrogens (primary N) is 1. The zero-order chi connectivity index (χ0) is 12.7. The maximum Gasteiger partial charge on any atom is 0.307 e. The number of thioether (sulfide) groups is 1. The molecule has 0 saturated heterocycles. The Morgan fingerprint density at radius 2 is 2.06 bits per heavy atom. The van der Waals surface area contributed by atoms with Crippen molar-refractivity contribution in [1.82, 2.24) is 0 Å². The summed E-state index contributed by atoms with van der Waals surface area (Å²) in [6.45, 7) is 2.00. The summed E-state index contributed by atoms with van der Waals surface area (Å²) in [5, 5.41) is 8.81. The molecule has 0 aliphatic heterocycles. The predicted octanol–water partition coefficient (Wildman–Crippen LogP) is 2.28. The summed E-state index contributed by atoms with van der Waals surface area (Å²) in [5.74, 6) is 1.09. The van der Waals surface area contributed by atoms with Gasteiger partial charge < -0.3 is 10.8 Å². The lowest BCUT2D eigenvalue weighted by Crippen LogP contribution is -2.15. The Labute approximate surface area is 106 Å². The molecule has 1 aromatic carbocycles. The molecule has 17 heavy (non-hydrogen) atoms. The molecule has 0 saturated carbocycles. The summed E-state index contributed by atoms with van der Waals surface area (Å²) >= 11 is 1.80. The molecule has 3 N–H and O–H groups in total. The van der Waals surface area contributed by atoms with Crippen molar-refractivity contribution in [3.05, 3.63) is 35.4 Å². The Bertz CT molecular complexity index is 366. The Kier molecular flexibility index (Phi) is 6.08. The summed E-state index contributed by atoms with van der Waals surface area (Å²) in [6, 6.07) is 7.95. The van der Waals surface area contributed by atoms with Gasteiger partial charge in [-0.15, -0.1) is 0 Å². The first-order valence-corrected chi connectivity index (χ1v) is 6.87. The number of hydrogen-bond donors (Lipinski definition) is 2. The van der Waals surface area contributed by atoms with Crippen LogP contribution in [0.3, 0.4) is 0 Å². The van der Waals surface area contributed by atoms with Crippen molar-refractivity contribution in [2.45, 2.75) is 31.6 Å². The quantitative estimate of drug-likeness (QED) is 0.732. The van der Waals surface area contributed by atoms with E-state index in [-0.39, 0.29) is 12.5 Å². The van der Waals surface area contributed by atoms with Crippen LogP contribution in [0.25, 0.3) is 0 Å². The van der Waals surface area contributed by atoms with Crippen molar-refractivity contribution in [3.63, 3.8) is 0 Å². The number of hydrogen-bond acceptors (Lipinski definition) is 3. The summed E-state index contributed by atoms with van der Waals surface area (Å²) in [5.41, 5.74) is 7.70. The summed E-state index contributed by atoms with van der Waals surface area (Å²) in [7, 11) is 0. The second-order valence-electron chi connectivity index (χ2n) is 4.16. The first kappa shape index (κ1) is 14.1. The molecule has 0 heterocycles. The van der Waals surface area contributed by atoms with E-state index in [4.69, 9.17) is 10.8 Å². The Balaban J connectivity index is 2.49. The maximum absolute atomic E-state index is 10.7. The average Bonchev–Trinajstić information content (AvgIpc) is 2.25. The average molecular weight is 253 g/mol. The molecule has 0 bridgehead atoms. The largest absolute Gasteiger partial charge is 0.481 e. The number of carboxylic acids is 1. The molecule has 0 spiro atoms. The number of rotatable bonds is 7. The molecule has 4 heteroatoms. The van der Waals surface area contributed by atoms with E-state index in [9.17, 15) is 4.79 Å². The standard InChI is InChI=1S/C13H19NO2S/c1-10(14)6-7-17-9-12-5-3-2-4-11(12)8-13(15)16/h2-5,10H,6-9,14H2,1H3,(H,15,16). The van der Waals surface area contributed by atoms with Crippen molar-refractivity contribution in [3.8, 4) is 0 Å². The lowest BCUT2D eigenvalue weighted by molar-refractivity contribution is -0.136. The van der Waals surface area contributed by atoms with Crippen LogP contribution in [0.4, 0.5) is 0 Å². The van der Waals surface area contributed by atoms with Gasteiger partial charge in [-0.25, -0.2) is 0 Å². The van der Waals surface area contributed by atoms with Crippen LogP contribution >= 0.6 is 11.8 Å². The zero-order valence-corrected chi connectivity index (χ0v) is 10.9.